The maximum atomic E-state index is 11.9. The molecule has 2 heterocycles. The third kappa shape index (κ3) is 4.03. The summed E-state index contributed by atoms with van der Waals surface area (Å²) in [4.78, 5) is 30.9. The predicted octanol–water partition coefficient (Wildman–Crippen LogP) is 1.84. The molecule has 0 atom stereocenters. The molecule has 6 heteroatoms. The highest BCUT2D eigenvalue weighted by atomic mass is 32.1. The smallest absolute Gasteiger partial charge is 0.280 e. The molecule has 1 saturated heterocycles. The van der Waals surface area contributed by atoms with Crippen LogP contribution in [-0.2, 0) is 11.2 Å². The van der Waals surface area contributed by atoms with E-state index in [2.05, 4.69) is 10.3 Å². The quantitative estimate of drug-likeness (QED) is 0.901. The van der Waals surface area contributed by atoms with Gasteiger partial charge in [0.2, 0.25) is 5.91 Å². The summed E-state index contributed by atoms with van der Waals surface area (Å²) in [6, 6.07) is 0. The minimum Gasteiger partial charge on any atom is -0.349 e. The van der Waals surface area contributed by atoms with Gasteiger partial charge in [0.05, 0.1) is 0 Å². The van der Waals surface area contributed by atoms with Crippen LogP contribution in [0.2, 0.25) is 0 Å². The lowest BCUT2D eigenvalue weighted by molar-refractivity contribution is -0.131. The number of hydrogen-bond acceptors (Lipinski definition) is 4. The predicted molar refractivity (Wildman–Crippen MR) is 78.9 cm³/mol. The highest BCUT2D eigenvalue weighted by Gasteiger charge is 2.16. The maximum absolute atomic E-state index is 11.9. The largest absolute Gasteiger partial charge is 0.349 e. The van der Waals surface area contributed by atoms with Crippen LogP contribution in [0.3, 0.4) is 0 Å². The molecule has 0 aromatic carbocycles. The van der Waals surface area contributed by atoms with Crippen molar-refractivity contribution in [3.05, 3.63) is 16.1 Å². The van der Waals surface area contributed by atoms with Crippen LogP contribution in [-0.4, -0.2) is 41.3 Å². The summed E-state index contributed by atoms with van der Waals surface area (Å²) in [6.45, 7) is 4.14. The first-order valence-corrected chi connectivity index (χ1v) is 8.03. The molecule has 0 radical (unpaired) electrons. The van der Waals surface area contributed by atoms with E-state index in [0.717, 1.165) is 37.2 Å². The zero-order valence-corrected chi connectivity index (χ0v) is 12.7. The molecule has 0 saturated carbocycles. The van der Waals surface area contributed by atoms with Crippen molar-refractivity contribution in [1.29, 1.82) is 0 Å². The van der Waals surface area contributed by atoms with Gasteiger partial charge in [-0.2, -0.15) is 0 Å². The summed E-state index contributed by atoms with van der Waals surface area (Å²) in [5.41, 5.74) is 0. The molecule has 1 N–H and O–H groups in total. The number of piperidine rings is 1. The molecule has 1 aromatic rings. The standard InChI is InChI=1S/C14H21N3O2S/c1-2-11-10-16-14(20-11)13(19)15-7-6-12(18)17-8-4-3-5-9-17/h10H,2-9H2,1H3,(H,15,19). The number of hydrogen-bond donors (Lipinski definition) is 1. The Balaban J connectivity index is 1.72. The fourth-order valence-electron chi connectivity index (χ4n) is 2.24. The van der Waals surface area contributed by atoms with E-state index in [0.29, 0.717) is 18.0 Å². The van der Waals surface area contributed by atoms with Crippen LogP contribution in [0.15, 0.2) is 6.20 Å². The van der Waals surface area contributed by atoms with Gasteiger partial charge in [-0.05, 0) is 25.7 Å². The Bertz CT molecular complexity index is 467. The van der Waals surface area contributed by atoms with Gasteiger partial charge >= 0.3 is 0 Å². The highest BCUT2D eigenvalue weighted by molar-refractivity contribution is 7.13. The van der Waals surface area contributed by atoms with Gasteiger partial charge in [0.1, 0.15) is 0 Å². The molecule has 2 amide bonds. The first-order chi connectivity index (χ1) is 9.70. The van der Waals surface area contributed by atoms with E-state index in [4.69, 9.17) is 0 Å². The molecule has 2 rings (SSSR count). The van der Waals surface area contributed by atoms with Crippen molar-refractivity contribution >= 4 is 23.2 Å². The summed E-state index contributed by atoms with van der Waals surface area (Å²) in [7, 11) is 0. The summed E-state index contributed by atoms with van der Waals surface area (Å²) < 4.78 is 0. The van der Waals surface area contributed by atoms with Crippen LogP contribution in [0.25, 0.3) is 0 Å². The van der Waals surface area contributed by atoms with Gasteiger partial charge in [0.15, 0.2) is 5.01 Å². The van der Waals surface area contributed by atoms with E-state index in [1.165, 1.54) is 17.8 Å². The molecule has 0 bridgehead atoms. The number of carbonyl (C=O) groups is 2. The van der Waals surface area contributed by atoms with Crippen molar-refractivity contribution in [2.75, 3.05) is 19.6 Å². The van der Waals surface area contributed by atoms with Crippen LogP contribution in [0.5, 0.6) is 0 Å². The number of carbonyl (C=O) groups excluding carboxylic acids is 2. The van der Waals surface area contributed by atoms with Crippen molar-refractivity contribution in [3.8, 4) is 0 Å². The molecule has 1 fully saturated rings. The molecule has 0 aliphatic carbocycles. The Labute approximate surface area is 123 Å². The SMILES string of the molecule is CCc1cnc(C(=O)NCCC(=O)N2CCCCC2)s1. The number of likely N-dealkylation sites (tertiary alicyclic amines) is 1. The van der Waals surface area contributed by atoms with Crippen molar-refractivity contribution < 1.29 is 9.59 Å². The average molecular weight is 295 g/mol. The Morgan fingerprint density at radius 2 is 2.10 bits per heavy atom. The topological polar surface area (TPSA) is 62.3 Å². The Morgan fingerprint density at radius 1 is 1.35 bits per heavy atom. The van der Waals surface area contributed by atoms with Gasteiger partial charge < -0.3 is 10.2 Å². The van der Waals surface area contributed by atoms with Crippen molar-refractivity contribution in [2.24, 2.45) is 0 Å². The van der Waals surface area contributed by atoms with Gasteiger partial charge in [-0.3, -0.25) is 9.59 Å². The van der Waals surface area contributed by atoms with Crippen molar-refractivity contribution in [1.82, 2.24) is 15.2 Å². The molecule has 20 heavy (non-hydrogen) atoms. The summed E-state index contributed by atoms with van der Waals surface area (Å²) in [5.74, 6) is -0.0421. The van der Waals surface area contributed by atoms with Crippen molar-refractivity contribution in [2.45, 2.75) is 39.0 Å². The first kappa shape index (κ1) is 15.0. The molecule has 1 aliphatic rings. The van der Waals surface area contributed by atoms with Gasteiger partial charge in [-0.25, -0.2) is 4.98 Å². The van der Waals surface area contributed by atoms with E-state index < -0.39 is 0 Å². The second kappa shape index (κ2) is 7.38. The fourth-order valence-corrected chi connectivity index (χ4v) is 3.00. The Kier molecular flexibility index (Phi) is 5.52. The van der Waals surface area contributed by atoms with E-state index in [-0.39, 0.29) is 11.8 Å². The second-order valence-electron chi connectivity index (χ2n) is 4.93. The van der Waals surface area contributed by atoms with Crippen LogP contribution >= 0.6 is 11.3 Å². The molecule has 1 aromatic heterocycles. The van der Waals surface area contributed by atoms with Crippen LogP contribution in [0, 0.1) is 0 Å². The van der Waals surface area contributed by atoms with Gasteiger partial charge in [0.25, 0.3) is 5.91 Å². The zero-order chi connectivity index (χ0) is 14.4. The number of amides is 2. The first-order valence-electron chi connectivity index (χ1n) is 7.21. The fraction of sp³-hybridized carbons (Fsp3) is 0.643. The molecule has 5 nitrogen and oxygen atoms in total. The monoisotopic (exact) mass is 295 g/mol. The van der Waals surface area contributed by atoms with E-state index in [1.54, 1.807) is 6.20 Å². The molecule has 110 valence electrons. The van der Waals surface area contributed by atoms with Gasteiger partial charge in [0, 0.05) is 37.1 Å². The van der Waals surface area contributed by atoms with Crippen LogP contribution in [0.4, 0.5) is 0 Å². The summed E-state index contributed by atoms with van der Waals surface area (Å²) in [5, 5.41) is 3.25. The number of thiazole rings is 1. The zero-order valence-electron chi connectivity index (χ0n) is 11.9. The molecule has 1 aliphatic heterocycles. The number of rotatable bonds is 5. The number of nitrogens with zero attached hydrogens (tertiary/aromatic N) is 2. The molecular formula is C14H21N3O2S. The average Bonchev–Trinajstić information content (AvgIpc) is 2.97. The lowest BCUT2D eigenvalue weighted by Gasteiger charge is -2.26. The third-order valence-corrected chi connectivity index (χ3v) is 4.57. The second-order valence-corrected chi connectivity index (χ2v) is 6.05. The number of aryl methyl sites for hydroxylation is 1. The van der Waals surface area contributed by atoms with E-state index in [1.807, 2.05) is 11.8 Å². The minimum atomic E-state index is -0.179. The number of nitrogens with one attached hydrogen (secondary N) is 1. The summed E-state index contributed by atoms with van der Waals surface area (Å²) >= 11 is 1.41. The number of aromatic nitrogens is 1. The van der Waals surface area contributed by atoms with Gasteiger partial charge in [-0.15, -0.1) is 11.3 Å². The molecule has 0 spiro atoms. The van der Waals surface area contributed by atoms with Gasteiger partial charge in [-0.1, -0.05) is 6.92 Å². The van der Waals surface area contributed by atoms with Crippen molar-refractivity contribution in [3.63, 3.8) is 0 Å². The third-order valence-electron chi connectivity index (χ3n) is 3.43. The van der Waals surface area contributed by atoms with E-state index in [9.17, 15) is 9.59 Å². The summed E-state index contributed by atoms with van der Waals surface area (Å²) in [6.07, 6.45) is 6.40. The maximum Gasteiger partial charge on any atom is 0.280 e. The Hall–Kier alpha value is -1.43. The lowest BCUT2D eigenvalue weighted by atomic mass is 10.1. The van der Waals surface area contributed by atoms with Crippen LogP contribution < -0.4 is 5.32 Å². The minimum absolute atomic E-state index is 0.137. The highest BCUT2D eigenvalue weighted by Crippen LogP contribution is 2.13. The molecular weight excluding hydrogens is 274 g/mol. The Morgan fingerprint density at radius 3 is 2.75 bits per heavy atom. The normalized spacial score (nSPS) is 15.2. The van der Waals surface area contributed by atoms with Crippen LogP contribution in [0.1, 0.15) is 47.3 Å². The molecule has 0 unspecified atom stereocenters. The lowest BCUT2D eigenvalue weighted by Crippen LogP contribution is -2.37. The van der Waals surface area contributed by atoms with E-state index >= 15 is 0 Å².